The third-order valence-corrected chi connectivity index (χ3v) is 5.70. The van der Waals surface area contributed by atoms with E-state index in [1.807, 2.05) is 0 Å². The number of carbonyl (C=O) groups excluding carboxylic acids is 3. The molecule has 1 fully saturated rings. The molecule has 0 radical (unpaired) electrons. The maximum Gasteiger partial charge on any atom is 0.296 e. The molecule has 2 amide bonds. The summed E-state index contributed by atoms with van der Waals surface area (Å²) >= 11 is 0. The SMILES string of the molecule is CCc1noc(C(=O)[C@H](CC)NC(=O)C(CC(=O)N2CCOCC2)CS(C)(=O)=O)n1. The number of ether oxygens (including phenoxy) is 1. The molecule has 2 atom stereocenters. The second kappa shape index (κ2) is 10.6. The van der Waals surface area contributed by atoms with Crippen LogP contribution in [0.1, 0.15) is 43.2 Å². The van der Waals surface area contributed by atoms with Crippen molar-refractivity contribution in [3.05, 3.63) is 11.7 Å². The first-order valence-electron chi connectivity index (χ1n) is 9.85. The molecule has 0 saturated carbocycles. The summed E-state index contributed by atoms with van der Waals surface area (Å²) in [5.41, 5.74) is 0. The van der Waals surface area contributed by atoms with Crippen molar-refractivity contribution < 1.29 is 32.1 Å². The molecule has 1 unspecified atom stereocenters. The molecule has 0 bridgehead atoms. The highest BCUT2D eigenvalue weighted by Crippen LogP contribution is 2.13. The van der Waals surface area contributed by atoms with Crippen molar-refractivity contribution in [2.24, 2.45) is 5.92 Å². The normalized spacial score (nSPS) is 16.7. The Morgan fingerprint density at radius 2 is 1.87 bits per heavy atom. The van der Waals surface area contributed by atoms with E-state index in [0.717, 1.165) is 6.26 Å². The second-order valence-electron chi connectivity index (χ2n) is 7.19. The highest BCUT2D eigenvalue weighted by molar-refractivity contribution is 7.90. The maximum atomic E-state index is 12.8. The van der Waals surface area contributed by atoms with Gasteiger partial charge in [-0.15, -0.1) is 0 Å². The Balaban J connectivity index is 2.10. The van der Waals surface area contributed by atoms with E-state index in [1.165, 1.54) is 0 Å². The van der Waals surface area contributed by atoms with Crippen LogP contribution in [0.15, 0.2) is 4.52 Å². The molecule has 1 aromatic rings. The molecule has 30 heavy (non-hydrogen) atoms. The Morgan fingerprint density at radius 1 is 1.20 bits per heavy atom. The van der Waals surface area contributed by atoms with Gasteiger partial charge in [-0.3, -0.25) is 14.4 Å². The van der Waals surface area contributed by atoms with Gasteiger partial charge in [0.2, 0.25) is 17.6 Å². The van der Waals surface area contributed by atoms with Gasteiger partial charge in [-0.1, -0.05) is 19.0 Å². The van der Waals surface area contributed by atoms with E-state index in [1.54, 1.807) is 18.7 Å². The molecule has 0 aromatic carbocycles. The van der Waals surface area contributed by atoms with Crippen LogP contribution in [-0.4, -0.2) is 85.4 Å². The predicted octanol–water partition coefficient (Wildman–Crippen LogP) is -0.381. The van der Waals surface area contributed by atoms with Gasteiger partial charge in [0.1, 0.15) is 9.84 Å². The van der Waals surface area contributed by atoms with E-state index in [2.05, 4.69) is 15.5 Å². The minimum atomic E-state index is -3.54. The molecule has 1 aliphatic rings. The molecular weight excluding hydrogens is 416 g/mol. The van der Waals surface area contributed by atoms with Crippen LogP contribution in [0.3, 0.4) is 0 Å². The van der Waals surface area contributed by atoms with E-state index in [0.29, 0.717) is 38.5 Å². The third kappa shape index (κ3) is 6.87. The van der Waals surface area contributed by atoms with Gasteiger partial charge < -0.3 is 19.5 Å². The zero-order valence-electron chi connectivity index (χ0n) is 17.4. The van der Waals surface area contributed by atoms with Gasteiger partial charge in [-0.2, -0.15) is 4.98 Å². The zero-order chi connectivity index (χ0) is 22.3. The molecule has 2 heterocycles. The molecular formula is C18H28N4O7S. The third-order valence-electron chi connectivity index (χ3n) is 4.70. The molecule has 1 saturated heterocycles. The summed E-state index contributed by atoms with van der Waals surface area (Å²) in [6, 6.07) is -0.969. The summed E-state index contributed by atoms with van der Waals surface area (Å²) < 4.78 is 33.8. The Labute approximate surface area is 175 Å². The van der Waals surface area contributed by atoms with Gasteiger partial charge in [0, 0.05) is 32.2 Å². The molecule has 1 N–H and O–H groups in total. The van der Waals surface area contributed by atoms with Crippen LogP contribution in [0.4, 0.5) is 0 Å². The number of amides is 2. The number of hydrogen-bond donors (Lipinski definition) is 1. The molecule has 11 nitrogen and oxygen atoms in total. The molecule has 1 aromatic heterocycles. The number of hydrogen-bond acceptors (Lipinski definition) is 9. The first-order chi connectivity index (χ1) is 14.1. The summed E-state index contributed by atoms with van der Waals surface area (Å²) in [7, 11) is -3.54. The predicted molar refractivity (Wildman–Crippen MR) is 105 cm³/mol. The fourth-order valence-corrected chi connectivity index (χ4v) is 4.03. The standard InChI is InChI=1S/C18H28N4O7S/c1-4-13(16(24)18-20-14(5-2)21-29-18)19-17(25)12(11-30(3,26)27)10-15(23)22-6-8-28-9-7-22/h12-13H,4-11H2,1-3H3,(H,19,25)/t12?,13-/m0/s1. The van der Waals surface area contributed by atoms with E-state index in [4.69, 9.17) is 9.26 Å². The summed E-state index contributed by atoms with van der Waals surface area (Å²) in [4.78, 5) is 43.5. The minimum absolute atomic E-state index is 0.219. The number of nitrogens with one attached hydrogen (secondary N) is 1. The van der Waals surface area contributed by atoms with E-state index < -0.39 is 39.2 Å². The van der Waals surface area contributed by atoms with Crippen molar-refractivity contribution in [1.82, 2.24) is 20.4 Å². The lowest BCUT2D eigenvalue weighted by Gasteiger charge is -2.28. The smallest absolute Gasteiger partial charge is 0.296 e. The summed E-state index contributed by atoms with van der Waals surface area (Å²) in [6.45, 7) is 5.05. The number of morpholine rings is 1. The number of rotatable bonds is 10. The number of sulfone groups is 1. The van der Waals surface area contributed by atoms with Crippen LogP contribution in [0, 0.1) is 5.92 Å². The lowest BCUT2D eigenvalue weighted by atomic mass is 10.0. The van der Waals surface area contributed by atoms with Crippen LogP contribution >= 0.6 is 0 Å². The van der Waals surface area contributed by atoms with E-state index in [9.17, 15) is 22.8 Å². The van der Waals surface area contributed by atoms with Crippen LogP contribution < -0.4 is 5.32 Å². The van der Waals surface area contributed by atoms with Gasteiger partial charge in [-0.25, -0.2) is 8.42 Å². The Bertz CT molecular complexity index is 862. The van der Waals surface area contributed by atoms with Gasteiger partial charge >= 0.3 is 0 Å². The maximum absolute atomic E-state index is 12.8. The molecule has 0 aliphatic carbocycles. The van der Waals surface area contributed by atoms with Crippen molar-refractivity contribution in [2.45, 2.75) is 39.2 Å². The zero-order valence-corrected chi connectivity index (χ0v) is 18.2. The Kier molecular flexibility index (Phi) is 8.47. The first kappa shape index (κ1) is 23.9. The summed E-state index contributed by atoms with van der Waals surface area (Å²) in [5, 5.41) is 6.21. The molecule has 12 heteroatoms. The lowest BCUT2D eigenvalue weighted by Crippen LogP contribution is -2.47. The number of carbonyl (C=O) groups is 3. The van der Waals surface area contributed by atoms with E-state index in [-0.39, 0.29) is 24.6 Å². The van der Waals surface area contributed by atoms with Gasteiger partial charge in [0.15, 0.2) is 5.82 Å². The summed E-state index contributed by atoms with van der Waals surface area (Å²) in [5.74, 6) is -3.04. The number of Topliss-reactive ketones (excluding diaryl/α,β-unsaturated/α-hetero) is 1. The van der Waals surface area contributed by atoms with Crippen molar-refractivity contribution in [2.75, 3.05) is 38.3 Å². The lowest BCUT2D eigenvalue weighted by molar-refractivity contribution is -0.139. The monoisotopic (exact) mass is 444 g/mol. The first-order valence-corrected chi connectivity index (χ1v) is 11.9. The fourth-order valence-electron chi connectivity index (χ4n) is 3.03. The highest BCUT2D eigenvalue weighted by Gasteiger charge is 2.32. The van der Waals surface area contributed by atoms with Gasteiger partial charge in [-0.05, 0) is 6.42 Å². The Hall–Kier alpha value is -2.34. The van der Waals surface area contributed by atoms with Crippen molar-refractivity contribution in [1.29, 1.82) is 0 Å². The average molecular weight is 445 g/mol. The van der Waals surface area contributed by atoms with E-state index >= 15 is 0 Å². The minimum Gasteiger partial charge on any atom is -0.378 e. The summed E-state index contributed by atoms with van der Waals surface area (Å²) in [6.07, 6.45) is 1.45. The fraction of sp³-hybridized carbons (Fsp3) is 0.722. The van der Waals surface area contributed by atoms with Crippen LogP contribution in [0.25, 0.3) is 0 Å². The Morgan fingerprint density at radius 3 is 2.40 bits per heavy atom. The van der Waals surface area contributed by atoms with Crippen LogP contribution in [0.2, 0.25) is 0 Å². The van der Waals surface area contributed by atoms with Crippen molar-refractivity contribution >= 4 is 27.4 Å². The molecule has 168 valence electrons. The topological polar surface area (TPSA) is 149 Å². The average Bonchev–Trinajstić information content (AvgIpc) is 3.19. The molecule has 1 aliphatic heterocycles. The molecule has 2 rings (SSSR count). The van der Waals surface area contributed by atoms with Gasteiger partial charge in [0.25, 0.3) is 5.89 Å². The largest absolute Gasteiger partial charge is 0.378 e. The molecule has 0 spiro atoms. The number of aryl methyl sites for hydroxylation is 1. The van der Waals surface area contributed by atoms with Crippen LogP contribution in [0.5, 0.6) is 0 Å². The number of ketones is 1. The second-order valence-corrected chi connectivity index (χ2v) is 9.37. The quantitative estimate of drug-likeness (QED) is 0.476. The van der Waals surface area contributed by atoms with Gasteiger partial charge in [0.05, 0.1) is 30.9 Å². The van der Waals surface area contributed by atoms with Crippen molar-refractivity contribution in [3.63, 3.8) is 0 Å². The van der Waals surface area contributed by atoms with Crippen molar-refractivity contribution in [3.8, 4) is 0 Å². The highest BCUT2D eigenvalue weighted by atomic mass is 32.2. The number of nitrogens with zero attached hydrogens (tertiary/aromatic N) is 3. The number of aromatic nitrogens is 2. The van der Waals surface area contributed by atoms with Crippen LogP contribution in [-0.2, 0) is 30.6 Å².